The zero-order valence-electron chi connectivity index (χ0n) is 12.1. The summed E-state index contributed by atoms with van der Waals surface area (Å²) in [5.41, 5.74) is 1.32. The number of carbonyl (C=O) groups excluding carboxylic acids is 2. The molecular weight excluding hydrogens is 318 g/mol. The molecule has 0 aromatic heterocycles. The number of cyclic esters (lactones) is 1. The second kappa shape index (κ2) is 6.71. The number of hydrogen-bond donors (Lipinski definition) is 0. The van der Waals surface area contributed by atoms with E-state index in [0.29, 0.717) is 22.9 Å². The van der Waals surface area contributed by atoms with Gasteiger partial charge in [0.15, 0.2) is 6.10 Å². The van der Waals surface area contributed by atoms with Crippen LogP contribution in [0.25, 0.3) is 0 Å². The molecule has 0 radical (unpaired) electrons. The Bertz CT molecular complexity index is 700. The Hall–Kier alpha value is -2.53. The molecule has 0 spiro atoms. The largest absolute Gasteiger partial charge is 0.490 e. The van der Waals surface area contributed by atoms with E-state index in [9.17, 15) is 9.59 Å². The molecule has 1 aliphatic rings. The number of amides is 1. The first kappa shape index (κ1) is 15.4. The first-order valence-electron chi connectivity index (χ1n) is 7.07. The molecular formula is C17H14ClNO4. The van der Waals surface area contributed by atoms with Gasteiger partial charge in [-0.05, 0) is 48.5 Å². The van der Waals surface area contributed by atoms with Crippen LogP contribution in [0.1, 0.15) is 10.4 Å². The number of nitrogens with zero attached hydrogens (tertiary/aromatic N) is 1. The summed E-state index contributed by atoms with van der Waals surface area (Å²) in [4.78, 5) is 24.1. The third-order valence-corrected chi connectivity index (χ3v) is 3.72. The van der Waals surface area contributed by atoms with Gasteiger partial charge < -0.3 is 9.47 Å². The molecule has 0 saturated carbocycles. The fourth-order valence-electron chi connectivity index (χ4n) is 2.27. The molecule has 0 bridgehead atoms. The van der Waals surface area contributed by atoms with Gasteiger partial charge in [0.1, 0.15) is 18.6 Å². The monoisotopic (exact) mass is 331 g/mol. The lowest BCUT2D eigenvalue weighted by molar-refractivity contribution is 0.105. The summed E-state index contributed by atoms with van der Waals surface area (Å²) < 4.78 is 10.9. The van der Waals surface area contributed by atoms with Crippen molar-refractivity contribution in [3.05, 3.63) is 59.1 Å². The first-order chi connectivity index (χ1) is 11.2. The van der Waals surface area contributed by atoms with Gasteiger partial charge in [0.05, 0.1) is 6.54 Å². The van der Waals surface area contributed by atoms with E-state index in [2.05, 4.69) is 0 Å². The van der Waals surface area contributed by atoms with Crippen molar-refractivity contribution >= 4 is 29.7 Å². The van der Waals surface area contributed by atoms with E-state index in [1.54, 1.807) is 53.4 Å². The van der Waals surface area contributed by atoms with Crippen LogP contribution in [0.3, 0.4) is 0 Å². The molecule has 3 rings (SSSR count). The van der Waals surface area contributed by atoms with E-state index >= 15 is 0 Å². The van der Waals surface area contributed by atoms with E-state index in [-0.39, 0.29) is 12.7 Å². The topological polar surface area (TPSA) is 55.8 Å². The molecule has 5 nitrogen and oxygen atoms in total. The van der Waals surface area contributed by atoms with E-state index < -0.39 is 6.09 Å². The summed E-state index contributed by atoms with van der Waals surface area (Å²) >= 11 is 5.85. The van der Waals surface area contributed by atoms with Crippen LogP contribution in [-0.2, 0) is 4.74 Å². The van der Waals surface area contributed by atoms with Crippen molar-refractivity contribution in [2.24, 2.45) is 0 Å². The maximum absolute atomic E-state index is 11.9. The van der Waals surface area contributed by atoms with Gasteiger partial charge in [0.25, 0.3) is 0 Å². The molecule has 0 aliphatic carbocycles. The lowest BCUT2D eigenvalue weighted by atomic mass is 10.2. The van der Waals surface area contributed by atoms with Crippen LogP contribution in [0.2, 0.25) is 5.02 Å². The molecule has 23 heavy (non-hydrogen) atoms. The average molecular weight is 332 g/mol. The Balaban J connectivity index is 1.58. The van der Waals surface area contributed by atoms with E-state index in [1.165, 1.54) is 0 Å². The summed E-state index contributed by atoms with van der Waals surface area (Å²) in [5, 5.41) is 0.611. The molecule has 1 amide bonds. The van der Waals surface area contributed by atoms with Gasteiger partial charge in [0.2, 0.25) is 0 Å². The lowest BCUT2D eigenvalue weighted by Crippen LogP contribution is -2.26. The number of ether oxygens (including phenoxy) is 2. The minimum atomic E-state index is -0.405. The highest BCUT2D eigenvalue weighted by atomic mass is 35.5. The molecule has 1 heterocycles. The van der Waals surface area contributed by atoms with Crippen LogP contribution in [-0.4, -0.2) is 31.6 Å². The van der Waals surface area contributed by atoms with Gasteiger partial charge in [-0.1, -0.05) is 11.6 Å². The van der Waals surface area contributed by atoms with Crippen molar-refractivity contribution in [3.8, 4) is 5.75 Å². The molecule has 1 fully saturated rings. The number of halogens is 1. The standard InChI is InChI=1S/C17H14ClNO4/c18-13-3-5-14(6-4-13)19-9-16(23-17(19)21)11-22-15-7-1-12(10-20)2-8-15/h1-8,10,16H,9,11H2. The fraction of sp³-hybridized carbons (Fsp3) is 0.176. The van der Waals surface area contributed by atoms with Crippen LogP contribution in [0.5, 0.6) is 5.75 Å². The van der Waals surface area contributed by atoms with Crippen molar-refractivity contribution < 1.29 is 19.1 Å². The zero-order valence-corrected chi connectivity index (χ0v) is 12.9. The lowest BCUT2D eigenvalue weighted by Gasteiger charge is -2.13. The van der Waals surface area contributed by atoms with Crippen molar-refractivity contribution in [1.82, 2.24) is 0 Å². The van der Waals surface area contributed by atoms with Crippen LogP contribution in [0, 0.1) is 0 Å². The highest BCUT2D eigenvalue weighted by Gasteiger charge is 2.32. The molecule has 1 saturated heterocycles. The number of carbonyl (C=O) groups is 2. The quantitative estimate of drug-likeness (QED) is 0.786. The molecule has 0 N–H and O–H groups in total. The summed E-state index contributed by atoms with van der Waals surface area (Å²) in [7, 11) is 0. The molecule has 6 heteroatoms. The van der Waals surface area contributed by atoms with Crippen LogP contribution in [0.15, 0.2) is 48.5 Å². The fourth-order valence-corrected chi connectivity index (χ4v) is 2.40. The maximum atomic E-state index is 11.9. The van der Waals surface area contributed by atoms with Crippen molar-refractivity contribution in [3.63, 3.8) is 0 Å². The smallest absolute Gasteiger partial charge is 0.414 e. The van der Waals surface area contributed by atoms with Gasteiger partial charge >= 0.3 is 6.09 Å². The SMILES string of the molecule is O=Cc1ccc(OCC2CN(c3ccc(Cl)cc3)C(=O)O2)cc1. The second-order valence-electron chi connectivity index (χ2n) is 5.09. The van der Waals surface area contributed by atoms with E-state index in [1.807, 2.05) is 0 Å². The Morgan fingerprint density at radius 2 is 1.87 bits per heavy atom. The van der Waals surface area contributed by atoms with Crippen LogP contribution >= 0.6 is 11.6 Å². The molecule has 1 unspecified atom stereocenters. The summed E-state index contributed by atoms with van der Waals surface area (Å²) in [6.45, 7) is 0.656. The van der Waals surface area contributed by atoms with Crippen LogP contribution in [0.4, 0.5) is 10.5 Å². The zero-order chi connectivity index (χ0) is 16.2. The third-order valence-electron chi connectivity index (χ3n) is 3.46. The van der Waals surface area contributed by atoms with Gasteiger partial charge in [-0.2, -0.15) is 0 Å². The summed E-state index contributed by atoms with van der Waals surface area (Å²) in [6, 6.07) is 13.7. The van der Waals surface area contributed by atoms with Gasteiger partial charge in [-0.15, -0.1) is 0 Å². The number of benzene rings is 2. The minimum absolute atomic E-state index is 0.246. The molecule has 118 valence electrons. The van der Waals surface area contributed by atoms with E-state index in [4.69, 9.17) is 21.1 Å². The maximum Gasteiger partial charge on any atom is 0.414 e. The van der Waals surface area contributed by atoms with E-state index in [0.717, 1.165) is 12.0 Å². The Morgan fingerprint density at radius 3 is 2.52 bits per heavy atom. The Labute approximate surface area is 138 Å². The summed E-state index contributed by atoms with van der Waals surface area (Å²) in [5.74, 6) is 0.622. The molecule has 1 aliphatic heterocycles. The predicted octanol–water partition coefficient (Wildman–Crippen LogP) is 3.56. The van der Waals surface area contributed by atoms with Gasteiger partial charge in [-0.25, -0.2) is 4.79 Å². The Morgan fingerprint density at radius 1 is 1.17 bits per heavy atom. The number of aldehydes is 1. The highest BCUT2D eigenvalue weighted by molar-refractivity contribution is 6.30. The number of hydrogen-bond acceptors (Lipinski definition) is 4. The van der Waals surface area contributed by atoms with Gasteiger partial charge in [0, 0.05) is 16.3 Å². The molecule has 1 atom stereocenters. The van der Waals surface area contributed by atoms with Crippen LogP contribution < -0.4 is 9.64 Å². The second-order valence-corrected chi connectivity index (χ2v) is 5.53. The van der Waals surface area contributed by atoms with Crippen molar-refractivity contribution in [2.75, 3.05) is 18.1 Å². The molecule has 2 aromatic rings. The minimum Gasteiger partial charge on any atom is -0.490 e. The summed E-state index contributed by atoms with van der Waals surface area (Å²) in [6.07, 6.45) is 0.00754. The van der Waals surface area contributed by atoms with Crippen molar-refractivity contribution in [1.29, 1.82) is 0 Å². The normalized spacial score (nSPS) is 17.0. The third kappa shape index (κ3) is 3.63. The molecule has 2 aromatic carbocycles. The Kier molecular flexibility index (Phi) is 4.48. The average Bonchev–Trinajstić information content (AvgIpc) is 2.95. The number of rotatable bonds is 5. The van der Waals surface area contributed by atoms with Crippen molar-refractivity contribution in [2.45, 2.75) is 6.10 Å². The number of anilines is 1. The van der Waals surface area contributed by atoms with Gasteiger partial charge in [-0.3, -0.25) is 9.69 Å². The highest BCUT2D eigenvalue weighted by Crippen LogP contribution is 2.24. The first-order valence-corrected chi connectivity index (χ1v) is 7.45. The predicted molar refractivity (Wildman–Crippen MR) is 86.4 cm³/mol.